The lowest BCUT2D eigenvalue weighted by Crippen LogP contribution is -2.49. The van der Waals surface area contributed by atoms with Crippen LogP contribution in [0.5, 0.6) is 11.5 Å². The number of nitrogens with one attached hydrogen (secondary N) is 1. The van der Waals surface area contributed by atoms with E-state index in [0.29, 0.717) is 17.3 Å². The molecule has 2 amide bonds. The van der Waals surface area contributed by atoms with Gasteiger partial charge in [0.2, 0.25) is 5.95 Å². The Morgan fingerprint density at radius 2 is 1.72 bits per heavy atom. The van der Waals surface area contributed by atoms with E-state index in [0.717, 1.165) is 82.3 Å². The number of unbranched alkanes of at least 4 members (excludes halogenated alkanes) is 2. The van der Waals surface area contributed by atoms with Crippen molar-refractivity contribution < 1.29 is 23.0 Å². The Morgan fingerprint density at radius 1 is 1.03 bits per heavy atom. The number of ether oxygens (including phenoxy) is 2. The van der Waals surface area contributed by atoms with Gasteiger partial charge in [0.25, 0.3) is 0 Å². The smallest absolute Gasteiger partial charge is 0.330 e. The third kappa shape index (κ3) is 5.86. The molecule has 2 fully saturated rings. The van der Waals surface area contributed by atoms with E-state index >= 15 is 8.78 Å². The maximum Gasteiger partial charge on any atom is 0.330 e. The number of methoxy groups -OCH3 is 2. The molecule has 12 heteroatoms. The summed E-state index contributed by atoms with van der Waals surface area (Å²) in [6, 6.07) is 0.518. The van der Waals surface area contributed by atoms with Gasteiger partial charge in [-0.15, -0.1) is 0 Å². The fraction of sp³-hybridized carbons (Fsp3) is 0.593. The topological polar surface area (TPSA) is 86.3 Å². The molecule has 0 bridgehead atoms. The number of carbonyl (C=O) groups is 1. The normalized spacial score (nSPS) is 18.3. The van der Waals surface area contributed by atoms with Gasteiger partial charge in [0.05, 0.1) is 20.8 Å². The molecule has 2 aromatic rings. The summed E-state index contributed by atoms with van der Waals surface area (Å²) >= 11 is 0. The Bertz CT molecular complexity index is 1160. The number of urea groups is 1. The van der Waals surface area contributed by atoms with Crippen molar-refractivity contribution in [1.29, 1.82) is 0 Å². The van der Waals surface area contributed by atoms with Crippen LogP contribution in [0.3, 0.4) is 0 Å². The first-order chi connectivity index (χ1) is 18.9. The van der Waals surface area contributed by atoms with Crippen LogP contribution in [-0.4, -0.2) is 92.4 Å². The van der Waals surface area contributed by atoms with Gasteiger partial charge in [-0.3, -0.25) is 9.80 Å². The second kappa shape index (κ2) is 11.9. The number of likely N-dealkylation sites (N-methyl/N-ethyl adjacent to an activating group) is 1. The number of benzene rings is 1. The number of nitrogens with zero attached hydrogens (tertiary/aromatic N) is 6. The van der Waals surface area contributed by atoms with Crippen molar-refractivity contribution in [3.8, 4) is 11.5 Å². The van der Waals surface area contributed by atoms with Gasteiger partial charge >= 0.3 is 6.03 Å². The molecule has 10 nitrogen and oxygen atoms in total. The van der Waals surface area contributed by atoms with Crippen molar-refractivity contribution >= 4 is 23.5 Å². The summed E-state index contributed by atoms with van der Waals surface area (Å²) in [7, 11) is 4.72. The zero-order valence-corrected chi connectivity index (χ0v) is 22.9. The molecule has 212 valence electrons. The number of hydrogen-bond acceptors (Lipinski definition) is 8. The molecular weight excluding hydrogens is 508 g/mol. The molecule has 0 spiro atoms. The number of rotatable bonds is 11. The van der Waals surface area contributed by atoms with Crippen LogP contribution in [0.4, 0.5) is 31.0 Å². The van der Waals surface area contributed by atoms with Crippen molar-refractivity contribution in [2.75, 3.05) is 75.7 Å². The zero-order chi connectivity index (χ0) is 27.5. The van der Waals surface area contributed by atoms with Crippen molar-refractivity contribution in [2.45, 2.75) is 44.7 Å². The van der Waals surface area contributed by atoms with Crippen LogP contribution in [0.15, 0.2) is 12.3 Å². The van der Waals surface area contributed by atoms with Crippen LogP contribution in [0, 0.1) is 11.6 Å². The number of halogens is 2. The van der Waals surface area contributed by atoms with Crippen LogP contribution < -0.4 is 24.6 Å². The molecule has 1 saturated heterocycles. The van der Waals surface area contributed by atoms with Gasteiger partial charge in [-0.2, -0.15) is 4.98 Å². The van der Waals surface area contributed by atoms with Crippen LogP contribution >= 0.6 is 0 Å². The fourth-order valence-corrected chi connectivity index (χ4v) is 5.12. The second-order valence-electron chi connectivity index (χ2n) is 10.4. The van der Waals surface area contributed by atoms with Crippen molar-refractivity contribution in [2.24, 2.45) is 0 Å². The average molecular weight is 546 g/mol. The number of amides is 2. The monoisotopic (exact) mass is 545 g/mol. The van der Waals surface area contributed by atoms with Gasteiger partial charge in [0, 0.05) is 56.6 Å². The average Bonchev–Trinajstić information content (AvgIpc) is 3.77. The number of hydrogen-bond donors (Lipinski definition) is 1. The van der Waals surface area contributed by atoms with Crippen molar-refractivity contribution in [3.63, 3.8) is 0 Å². The molecular formula is C27H37F2N7O3. The molecule has 5 rings (SSSR count). The molecule has 1 N–H and O–H groups in total. The highest BCUT2D eigenvalue weighted by atomic mass is 19.1. The highest BCUT2D eigenvalue weighted by Crippen LogP contribution is 2.43. The van der Waals surface area contributed by atoms with Gasteiger partial charge in [0.1, 0.15) is 11.5 Å². The molecule has 0 atom stereocenters. The Morgan fingerprint density at radius 3 is 2.36 bits per heavy atom. The predicted molar refractivity (Wildman–Crippen MR) is 145 cm³/mol. The minimum Gasteiger partial charge on any atom is -0.493 e. The van der Waals surface area contributed by atoms with Crippen LogP contribution in [0.2, 0.25) is 0 Å². The first kappa shape index (κ1) is 27.3. The number of anilines is 3. The molecule has 2 aliphatic heterocycles. The Labute approximate surface area is 227 Å². The minimum absolute atomic E-state index is 0.0741. The van der Waals surface area contributed by atoms with E-state index in [1.54, 1.807) is 6.20 Å². The standard InChI is InChI=1S/C27H37F2N7O3/c1-33-11-13-34(14-12-33)10-6-4-5-9-30-26-31-16-18-17-35(27(37)36(19-7-8-19)25(18)32-26)24-22(28)20(38-2)15-21(39-3)23(24)29/h15-16,19H,4-14,17H2,1-3H3,(H,30,31,32). The quantitative estimate of drug-likeness (QED) is 0.428. The Hall–Kier alpha value is -3.25. The third-order valence-electron chi connectivity index (χ3n) is 7.60. The first-order valence-electron chi connectivity index (χ1n) is 13.6. The lowest BCUT2D eigenvalue weighted by atomic mass is 10.1. The summed E-state index contributed by atoms with van der Waals surface area (Å²) < 4.78 is 40.7. The summed E-state index contributed by atoms with van der Waals surface area (Å²) in [5.74, 6) is -1.41. The van der Waals surface area contributed by atoms with Gasteiger partial charge in [-0.25, -0.2) is 18.6 Å². The minimum atomic E-state index is -0.963. The highest BCUT2D eigenvalue weighted by Gasteiger charge is 2.44. The largest absolute Gasteiger partial charge is 0.493 e. The lowest BCUT2D eigenvalue weighted by Gasteiger charge is -2.36. The molecule has 0 radical (unpaired) electrons. The van der Waals surface area contributed by atoms with E-state index < -0.39 is 23.4 Å². The maximum atomic E-state index is 15.3. The summed E-state index contributed by atoms with van der Waals surface area (Å²) in [4.78, 5) is 30.2. The van der Waals surface area contributed by atoms with Gasteiger partial charge in [0.15, 0.2) is 23.1 Å². The number of carbonyl (C=O) groups excluding carboxylic acids is 1. The van der Waals surface area contributed by atoms with E-state index in [1.807, 2.05) is 0 Å². The van der Waals surface area contributed by atoms with E-state index in [4.69, 9.17) is 9.47 Å². The summed E-state index contributed by atoms with van der Waals surface area (Å²) in [6.07, 6.45) is 6.46. The summed E-state index contributed by atoms with van der Waals surface area (Å²) in [5.41, 5.74) is 0.103. The van der Waals surface area contributed by atoms with Gasteiger partial charge < -0.3 is 24.6 Å². The molecule has 1 saturated carbocycles. The Balaban J connectivity index is 1.25. The molecule has 1 aromatic heterocycles. The predicted octanol–water partition coefficient (Wildman–Crippen LogP) is 3.71. The van der Waals surface area contributed by atoms with Gasteiger partial charge in [-0.1, -0.05) is 6.42 Å². The van der Waals surface area contributed by atoms with Crippen molar-refractivity contribution in [1.82, 2.24) is 19.8 Å². The summed E-state index contributed by atoms with van der Waals surface area (Å²) in [6.45, 7) is 6.31. The van der Waals surface area contributed by atoms with Crippen LogP contribution in [0.1, 0.15) is 37.7 Å². The second-order valence-corrected chi connectivity index (χ2v) is 10.4. The summed E-state index contributed by atoms with van der Waals surface area (Å²) in [5, 5.41) is 3.28. The lowest BCUT2D eigenvalue weighted by molar-refractivity contribution is 0.152. The van der Waals surface area contributed by atoms with E-state index in [1.165, 1.54) is 19.1 Å². The molecule has 1 aliphatic carbocycles. The SMILES string of the molecule is COc1cc(OC)c(F)c(N2Cc3cnc(NCCCCCN4CCN(C)CC4)nc3N(C3CC3)C2=O)c1F. The first-order valence-corrected chi connectivity index (χ1v) is 13.6. The number of aromatic nitrogens is 2. The fourth-order valence-electron chi connectivity index (χ4n) is 5.12. The molecule has 0 unspecified atom stereocenters. The van der Waals surface area contributed by atoms with Crippen LogP contribution in [0.25, 0.3) is 0 Å². The highest BCUT2D eigenvalue weighted by molar-refractivity contribution is 6.06. The molecule has 39 heavy (non-hydrogen) atoms. The number of fused-ring (bicyclic) bond motifs is 1. The van der Waals surface area contributed by atoms with Gasteiger partial charge in [-0.05, 0) is 39.3 Å². The van der Waals surface area contributed by atoms with E-state index in [9.17, 15) is 4.79 Å². The zero-order valence-electron chi connectivity index (χ0n) is 22.9. The molecule has 3 aliphatic rings. The van der Waals surface area contributed by atoms with Crippen LogP contribution in [-0.2, 0) is 6.54 Å². The molecule has 1 aromatic carbocycles. The maximum absolute atomic E-state index is 15.3. The molecule has 3 heterocycles. The van der Waals surface area contributed by atoms with E-state index in [2.05, 4.69) is 32.1 Å². The third-order valence-corrected chi connectivity index (χ3v) is 7.60. The van der Waals surface area contributed by atoms with Crippen molar-refractivity contribution in [3.05, 3.63) is 29.5 Å². The van der Waals surface area contributed by atoms with E-state index in [-0.39, 0.29) is 24.1 Å². The Kier molecular flexibility index (Phi) is 8.31. The number of piperazine rings is 1.